The van der Waals surface area contributed by atoms with Crippen LogP contribution in [0.25, 0.3) is 0 Å². The maximum Gasteiger partial charge on any atom is 0.129 e. The maximum atomic E-state index is 13.5. The van der Waals surface area contributed by atoms with Crippen LogP contribution in [-0.2, 0) is 12.8 Å². The van der Waals surface area contributed by atoms with Gasteiger partial charge in [0.05, 0.1) is 16.7 Å². The smallest absolute Gasteiger partial charge is 0.129 e. The van der Waals surface area contributed by atoms with Crippen molar-refractivity contribution in [1.29, 1.82) is 0 Å². The third-order valence-electron chi connectivity index (χ3n) is 2.65. The first-order valence-electron chi connectivity index (χ1n) is 5.55. The number of aromatic nitrogens is 2. The first-order valence-corrected chi connectivity index (χ1v) is 6.32. The van der Waals surface area contributed by atoms with Gasteiger partial charge in [0.2, 0.25) is 0 Å². The Morgan fingerprint density at radius 1 is 1.39 bits per heavy atom. The summed E-state index contributed by atoms with van der Waals surface area (Å²) in [7, 11) is 0. The lowest BCUT2D eigenvalue weighted by Gasteiger charge is -2.10. The fourth-order valence-electron chi connectivity index (χ4n) is 1.70. The molecule has 1 unspecified atom stereocenters. The second kappa shape index (κ2) is 5.49. The Bertz CT molecular complexity index is 545. The summed E-state index contributed by atoms with van der Waals surface area (Å²) in [5.41, 5.74) is 0.995. The summed E-state index contributed by atoms with van der Waals surface area (Å²) < 4.78 is 30.0. The molecule has 3 nitrogen and oxygen atoms in total. The monoisotopic (exact) mass is 270 g/mol. The number of nitrogens with zero attached hydrogens (tertiary/aromatic N) is 2. The van der Waals surface area contributed by atoms with Crippen LogP contribution >= 0.6 is 11.5 Å². The van der Waals surface area contributed by atoms with Crippen LogP contribution in [0, 0.1) is 11.6 Å². The summed E-state index contributed by atoms with van der Waals surface area (Å²) in [5, 5.41) is 13.9. The highest BCUT2D eigenvalue weighted by Crippen LogP contribution is 2.25. The van der Waals surface area contributed by atoms with Crippen LogP contribution in [0.15, 0.2) is 18.2 Å². The molecule has 1 atom stereocenters. The van der Waals surface area contributed by atoms with Gasteiger partial charge in [0, 0.05) is 12.5 Å². The Hall–Kier alpha value is -1.40. The third-order valence-corrected chi connectivity index (χ3v) is 3.52. The molecule has 1 heterocycles. The minimum atomic E-state index is -0.861. The van der Waals surface area contributed by atoms with Crippen molar-refractivity contribution in [1.82, 2.24) is 9.59 Å². The number of aliphatic hydroxyl groups excluding tert-OH is 1. The Kier molecular flexibility index (Phi) is 3.98. The summed E-state index contributed by atoms with van der Waals surface area (Å²) >= 11 is 1.10. The van der Waals surface area contributed by atoms with Gasteiger partial charge in [-0.2, -0.15) is 0 Å². The number of hydrogen-bond acceptors (Lipinski definition) is 4. The number of halogens is 2. The van der Waals surface area contributed by atoms with E-state index in [-0.39, 0.29) is 12.0 Å². The van der Waals surface area contributed by atoms with Crippen molar-refractivity contribution >= 4 is 11.5 Å². The molecule has 0 saturated heterocycles. The molecule has 0 aliphatic heterocycles. The fourth-order valence-corrected chi connectivity index (χ4v) is 2.42. The summed E-state index contributed by atoms with van der Waals surface area (Å²) in [6.45, 7) is 1.91. The maximum absolute atomic E-state index is 13.5. The zero-order chi connectivity index (χ0) is 13.1. The molecule has 96 valence electrons. The first kappa shape index (κ1) is 13.0. The minimum absolute atomic E-state index is 0.0863. The predicted molar refractivity (Wildman–Crippen MR) is 64.3 cm³/mol. The van der Waals surface area contributed by atoms with E-state index >= 15 is 0 Å². The van der Waals surface area contributed by atoms with Gasteiger partial charge in [-0.1, -0.05) is 17.5 Å². The van der Waals surface area contributed by atoms with Crippen LogP contribution in [0.3, 0.4) is 0 Å². The zero-order valence-electron chi connectivity index (χ0n) is 9.73. The van der Waals surface area contributed by atoms with Crippen LogP contribution in [0.2, 0.25) is 0 Å². The topological polar surface area (TPSA) is 46.0 Å². The SMILES string of the molecule is CCc1nnsc1C(O)Cc1ccc(F)cc1F. The molecule has 0 bridgehead atoms. The van der Waals surface area contributed by atoms with E-state index in [1.54, 1.807) is 0 Å². The van der Waals surface area contributed by atoms with Crippen molar-refractivity contribution < 1.29 is 13.9 Å². The second-order valence-electron chi connectivity index (χ2n) is 3.89. The van der Waals surface area contributed by atoms with E-state index in [9.17, 15) is 13.9 Å². The zero-order valence-corrected chi connectivity index (χ0v) is 10.5. The third kappa shape index (κ3) is 2.70. The summed E-state index contributed by atoms with van der Waals surface area (Å²) in [4.78, 5) is 0.640. The van der Waals surface area contributed by atoms with Gasteiger partial charge in [-0.05, 0) is 29.6 Å². The van der Waals surface area contributed by atoms with E-state index in [0.29, 0.717) is 11.3 Å². The van der Waals surface area contributed by atoms with E-state index in [0.717, 1.165) is 23.3 Å². The molecule has 6 heteroatoms. The molecule has 0 aliphatic rings. The Morgan fingerprint density at radius 3 is 2.83 bits per heavy atom. The molecule has 1 N–H and O–H groups in total. The van der Waals surface area contributed by atoms with Crippen LogP contribution in [0.5, 0.6) is 0 Å². The lowest BCUT2D eigenvalue weighted by Crippen LogP contribution is -2.04. The highest BCUT2D eigenvalue weighted by atomic mass is 32.1. The molecule has 0 aliphatic carbocycles. The van der Waals surface area contributed by atoms with Crippen molar-refractivity contribution in [3.05, 3.63) is 46.0 Å². The Morgan fingerprint density at radius 2 is 2.17 bits per heavy atom. The second-order valence-corrected chi connectivity index (χ2v) is 4.68. The average Bonchev–Trinajstić information content (AvgIpc) is 2.81. The first-order chi connectivity index (χ1) is 8.61. The number of benzene rings is 1. The highest BCUT2D eigenvalue weighted by Gasteiger charge is 2.18. The van der Waals surface area contributed by atoms with Crippen LogP contribution in [-0.4, -0.2) is 14.7 Å². The van der Waals surface area contributed by atoms with Crippen molar-refractivity contribution in [2.24, 2.45) is 0 Å². The van der Waals surface area contributed by atoms with Gasteiger partial charge in [0.25, 0.3) is 0 Å². The Labute approximate surface area is 107 Å². The standard InChI is InChI=1S/C12H12F2N2OS/c1-2-10-12(18-16-15-10)11(17)5-7-3-4-8(13)6-9(7)14/h3-4,6,11,17H,2,5H2,1H3. The Balaban J connectivity index is 2.18. The van der Waals surface area contributed by atoms with Gasteiger partial charge >= 0.3 is 0 Å². The summed E-state index contributed by atoms with van der Waals surface area (Å²) in [6.07, 6.45) is -0.113. The normalized spacial score (nSPS) is 12.7. The number of hydrogen-bond donors (Lipinski definition) is 1. The molecule has 2 aromatic rings. The van der Waals surface area contributed by atoms with E-state index in [4.69, 9.17) is 0 Å². The molecule has 1 aromatic carbocycles. The van der Waals surface area contributed by atoms with Crippen molar-refractivity contribution in [2.75, 3.05) is 0 Å². The van der Waals surface area contributed by atoms with Crippen molar-refractivity contribution in [2.45, 2.75) is 25.9 Å². The highest BCUT2D eigenvalue weighted by molar-refractivity contribution is 7.05. The molecule has 0 saturated carbocycles. The van der Waals surface area contributed by atoms with Crippen molar-refractivity contribution in [3.63, 3.8) is 0 Å². The molecular formula is C12H12F2N2OS. The number of aryl methyl sites for hydroxylation is 1. The van der Waals surface area contributed by atoms with E-state index in [1.807, 2.05) is 6.92 Å². The molecule has 0 amide bonds. The fraction of sp³-hybridized carbons (Fsp3) is 0.333. The molecule has 0 fully saturated rings. The van der Waals surface area contributed by atoms with Gasteiger partial charge in [-0.3, -0.25) is 0 Å². The number of rotatable bonds is 4. The predicted octanol–water partition coefficient (Wildman–Crippen LogP) is 2.65. The summed E-state index contributed by atoms with van der Waals surface area (Å²) in [6, 6.07) is 3.33. The van der Waals surface area contributed by atoms with Crippen LogP contribution < -0.4 is 0 Å². The molecule has 2 rings (SSSR count). The largest absolute Gasteiger partial charge is 0.387 e. The quantitative estimate of drug-likeness (QED) is 0.929. The lowest BCUT2D eigenvalue weighted by molar-refractivity contribution is 0.179. The molecule has 0 spiro atoms. The van der Waals surface area contributed by atoms with Gasteiger partial charge in [-0.25, -0.2) is 8.78 Å². The van der Waals surface area contributed by atoms with E-state index in [2.05, 4.69) is 9.59 Å². The average molecular weight is 270 g/mol. The van der Waals surface area contributed by atoms with Gasteiger partial charge < -0.3 is 5.11 Å². The number of aliphatic hydroxyl groups is 1. The van der Waals surface area contributed by atoms with Crippen LogP contribution in [0.1, 0.15) is 29.2 Å². The van der Waals surface area contributed by atoms with Gasteiger partial charge in [-0.15, -0.1) is 5.10 Å². The molecule has 1 aromatic heterocycles. The summed E-state index contributed by atoms with van der Waals surface area (Å²) in [5.74, 6) is -1.27. The van der Waals surface area contributed by atoms with Gasteiger partial charge in [0.1, 0.15) is 11.6 Å². The molecule has 0 radical (unpaired) electrons. The van der Waals surface area contributed by atoms with Gasteiger partial charge in [0.15, 0.2) is 0 Å². The lowest BCUT2D eigenvalue weighted by atomic mass is 10.0. The molecular weight excluding hydrogens is 258 g/mol. The van der Waals surface area contributed by atoms with E-state index in [1.165, 1.54) is 12.1 Å². The van der Waals surface area contributed by atoms with E-state index < -0.39 is 17.7 Å². The molecule has 18 heavy (non-hydrogen) atoms. The minimum Gasteiger partial charge on any atom is -0.387 e. The van der Waals surface area contributed by atoms with Crippen molar-refractivity contribution in [3.8, 4) is 0 Å². The van der Waals surface area contributed by atoms with Crippen LogP contribution in [0.4, 0.5) is 8.78 Å².